The highest BCUT2D eigenvalue weighted by Crippen LogP contribution is 2.19. The summed E-state index contributed by atoms with van der Waals surface area (Å²) in [6.45, 7) is 1.81. The Morgan fingerprint density at radius 2 is 2.14 bits per heavy atom. The second-order valence-electron chi connectivity index (χ2n) is 2.82. The number of halogens is 2. The summed E-state index contributed by atoms with van der Waals surface area (Å²) in [5.41, 5.74) is 6.81. The van der Waals surface area contributed by atoms with Crippen LogP contribution in [0.2, 0.25) is 5.02 Å². The molecule has 1 aromatic carbocycles. The monoisotopic (exact) mass is 235 g/mol. The summed E-state index contributed by atoms with van der Waals surface area (Å²) in [6.07, 6.45) is 0. The maximum Gasteiger partial charge on any atom is 0.325 e. The number of rotatable bonds is 2. The summed E-state index contributed by atoms with van der Waals surface area (Å²) in [4.78, 5) is 10.5. The van der Waals surface area contributed by atoms with Gasteiger partial charge >= 0.3 is 5.97 Å². The quantitative estimate of drug-likeness (QED) is 0.826. The Morgan fingerprint density at radius 3 is 2.57 bits per heavy atom. The van der Waals surface area contributed by atoms with Gasteiger partial charge < -0.3 is 10.8 Å². The van der Waals surface area contributed by atoms with E-state index >= 15 is 0 Å². The van der Waals surface area contributed by atoms with Crippen molar-refractivity contribution >= 4 is 30.0 Å². The number of carboxylic acid groups (broad SMARTS) is 1. The number of hydrogen-bond acceptors (Lipinski definition) is 2. The molecule has 0 radical (unpaired) electrons. The van der Waals surface area contributed by atoms with Crippen molar-refractivity contribution in [3.63, 3.8) is 0 Å². The Bertz CT molecular complexity index is 342. The predicted octanol–water partition coefficient (Wildman–Crippen LogP) is 2.15. The molecule has 1 unspecified atom stereocenters. The molecule has 0 aromatic heterocycles. The lowest BCUT2D eigenvalue weighted by molar-refractivity contribution is -0.138. The molecule has 3 nitrogen and oxygen atoms in total. The Kier molecular flexibility index (Phi) is 4.91. The van der Waals surface area contributed by atoms with Gasteiger partial charge in [0.05, 0.1) is 0 Å². The lowest BCUT2D eigenvalue weighted by Gasteiger charge is -2.07. The van der Waals surface area contributed by atoms with E-state index < -0.39 is 12.0 Å². The van der Waals surface area contributed by atoms with Crippen molar-refractivity contribution in [1.29, 1.82) is 0 Å². The highest BCUT2D eigenvalue weighted by atomic mass is 35.5. The standard InChI is InChI=1S/C9H10ClNO2.ClH/c1-5-4-6(2-3-7(5)10)8(11)9(12)13;/h2-4,8H,11H2,1H3,(H,12,13);1H. The van der Waals surface area contributed by atoms with Crippen molar-refractivity contribution in [2.24, 2.45) is 5.73 Å². The van der Waals surface area contributed by atoms with Gasteiger partial charge in [-0.2, -0.15) is 0 Å². The highest BCUT2D eigenvalue weighted by Gasteiger charge is 2.14. The van der Waals surface area contributed by atoms with E-state index in [9.17, 15) is 4.79 Å². The van der Waals surface area contributed by atoms with Gasteiger partial charge in [-0.15, -0.1) is 12.4 Å². The van der Waals surface area contributed by atoms with Gasteiger partial charge in [0.2, 0.25) is 0 Å². The topological polar surface area (TPSA) is 63.3 Å². The molecule has 78 valence electrons. The van der Waals surface area contributed by atoms with Gasteiger partial charge in [-0.25, -0.2) is 0 Å². The fraction of sp³-hybridized carbons (Fsp3) is 0.222. The van der Waals surface area contributed by atoms with Crippen molar-refractivity contribution in [2.45, 2.75) is 13.0 Å². The van der Waals surface area contributed by atoms with Crippen LogP contribution >= 0.6 is 24.0 Å². The molecule has 0 aliphatic rings. The first-order valence-electron chi connectivity index (χ1n) is 3.77. The van der Waals surface area contributed by atoms with Crippen LogP contribution in [-0.2, 0) is 4.79 Å². The number of aliphatic carboxylic acids is 1. The first-order valence-corrected chi connectivity index (χ1v) is 4.14. The number of aryl methyl sites for hydroxylation is 1. The van der Waals surface area contributed by atoms with Crippen molar-refractivity contribution in [2.75, 3.05) is 0 Å². The van der Waals surface area contributed by atoms with E-state index in [-0.39, 0.29) is 12.4 Å². The predicted molar refractivity (Wildman–Crippen MR) is 58.0 cm³/mol. The first-order chi connectivity index (χ1) is 6.02. The molecule has 0 aliphatic carbocycles. The summed E-state index contributed by atoms with van der Waals surface area (Å²) in [5, 5.41) is 9.25. The van der Waals surface area contributed by atoms with Gasteiger partial charge in [0.25, 0.3) is 0 Å². The fourth-order valence-corrected chi connectivity index (χ4v) is 1.12. The molecule has 1 atom stereocenters. The second-order valence-corrected chi connectivity index (χ2v) is 3.23. The molecule has 1 aromatic rings. The smallest absolute Gasteiger partial charge is 0.325 e. The Labute approximate surface area is 93.3 Å². The van der Waals surface area contributed by atoms with Crippen LogP contribution in [0.5, 0.6) is 0 Å². The Morgan fingerprint density at radius 1 is 1.57 bits per heavy atom. The van der Waals surface area contributed by atoms with Crippen LogP contribution in [0.4, 0.5) is 0 Å². The van der Waals surface area contributed by atoms with Crippen molar-refractivity contribution in [3.05, 3.63) is 34.3 Å². The largest absolute Gasteiger partial charge is 0.480 e. The molecule has 0 saturated carbocycles. The van der Waals surface area contributed by atoms with Gasteiger partial charge in [-0.1, -0.05) is 23.7 Å². The molecule has 1 rings (SSSR count). The summed E-state index contributed by atoms with van der Waals surface area (Å²) < 4.78 is 0. The van der Waals surface area contributed by atoms with E-state index in [1.165, 1.54) is 0 Å². The minimum atomic E-state index is -1.04. The molecule has 0 fully saturated rings. The summed E-state index contributed by atoms with van der Waals surface area (Å²) in [5.74, 6) is -1.04. The maximum absolute atomic E-state index is 10.5. The van der Waals surface area contributed by atoms with Crippen molar-refractivity contribution in [3.8, 4) is 0 Å². The number of nitrogens with two attached hydrogens (primary N) is 1. The third-order valence-corrected chi connectivity index (χ3v) is 2.23. The van der Waals surface area contributed by atoms with Crippen LogP contribution < -0.4 is 5.73 Å². The summed E-state index contributed by atoms with van der Waals surface area (Å²) in [7, 11) is 0. The zero-order chi connectivity index (χ0) is 10.0. The van der Waals surface area contributed by atoms with Crippen LogP contribution in [0.3, 0.4) is 0 Å². The lowest BCUT2D eigenvalue weighted by atomic mass is 10.1. The molecule has 3 N–H and O–H groups in total. The fourth-order valence-electron chi connectivity index (χ4n) is 1.00. The van der Waals surface area contributed by atoms with E-state index in [0.29, 0.717) is 10.6 Å². The van der Waals surface area contributed by atoms with Gasteiger partial charge in [-0.3, -0.25) is 4.79 Å². The zero-order valence-electron chi connectivity index (χ0n) is 7.53. The van der Waals surface area contributed by atoms with Gasteiger partial charge in [0, 0.05) is 5.02 Å². The number of carboxylic acids is 1. The van der Waals surface area contributed by atoms with E-state index in [2.05, 4.69) is 0 Å². The molecule has 5 heteroatoms. The number of carbonyl (C=O) groups is 1. The average Bonchev–Trinajstić information content (AvgIpc) is 2.08. The van der Waals surface area contributed by atoms with Crippen molar-refractivity contribution < 1.29 is 9.90 Å². The molecular weight excluding hydrogens is 225 g/mol. The molecule has 0 saturated heterocycles. The SMILES string of the molecule is Cc1cc(C(N)C(=O)O)ccc1Cl.Cl. The molecular formula is C9H11Cl2NO2. The van der Waals surface area contributed by atoms with Crippen LogP contribution in [0.1, 0.15) is 17.2 Å². The number of hydrogen-bond donors (Lipinski definition) is 2. The van der Waals surface area contributed by atoms with Crippen LogP contribution in [0, 0.1) is 6.92 Å². The van der Waals surface area contributed by atoms with E-state index in [1.54, 1.807) is 25.1 Å². The molecule has 0 heterocycles. The molecule has 0 amide bonds. The Balaban J connectivity index is 0.00000169. The maximum atomic E-state index is 10.5. The zero-order valence-corrected chi connectivity index (χ0v) is 9.10. The van der Waals surface area contributed by atoms with Crippen LogP contribution in [0.25, 0.3) is 0 Å². The van der Waals surface area contributed by atoms with Crippen molar-refractivity contribution in [1.82, 2.24) is 0 Å². The third kappa shape index (κ3) is 2.87. The average molecular weight is 236 g/mol. The lowest BCUT2D eigenvalue weighted by Crippen LogP contribution is -2.20. The summed E-state index contributed by atoms with van der Waals surface area (Å²) in [6, 6.07) is 3.97. The van der Waals surface area contributed by atoms with Crippen LogP contribution in [0.15, 0.2) is 18.2 Å². The van der Waals surface area contributed by atoms with Gasteiger partial charge in [0.15, 0.2) is 0 Å². The van der Waals surface area contributed by atoms with E-state index in [0.717, 1.165) is 5.56 Å². The first kappa shape index (κ1) is 13.2. The summed E-state index contributed by atoms with van der Waals surface area (Å²) >= 11 is 5.78. The molecule has 0 spiro atoms. The molecule has 0 aliphatic heterocycles. The number of benzene rings is 1. The minimum Gasteiger partial charge on any atom is -0.480 e. The van der Waals surface area contributed by atoms with Gasteiger partial charge in [-0.05, 0) is 24.1 Å². The Hall–Kier alpha value is -0.770. The normalized spacial score (nSPS) is 11.6. The van der Waals surface area contributed by atoms with E-state index in [4.69, 9.17) is 22.4 Å². The molecule has 14 heavy (non-hydrogen) atoms. The van der Waals surface area contributed by atoms with Crippen LogP contribution in [-0.4, -0.2) is 11.1 Å². The minimum absolute atomic E-state index is 0. The molecule has 0 bridgehead atoms. The third-order valence-electron chi connectivity index (χ3n) is 1.81. The van der Waals surface area contributed by atoms with E-state index in [1.807, 2.05) is 0 Å². The highest BCUT2D eigenvalue weighted by molar-refractivity contribution is 6.31. The van der Waals surface area contributed by atoms with Gasteiger partial charge in [0.1, 0.15) is 6.04 Å². The second kappa shape index (κ2) is 5.20.